The lowest BCUT2D eigenvalue weighted by atomic mass is 10.6. The number of azide groups is 1. The van der Waals surface area contributed by atoms with E-state index in [4.69, 9.17) is 67.8 Å². The summed E-state index contributed by atoms with van der Waals surface area (Å²) in [6, 6.07) is 0. The Bertz CT molecular complexity index is 586. The summed E-state index contributed by atoms with van der Waals surface area (Å²) in [5.41, 5.74) is 7.66. The van der Waals surface area contributed by atoms with E-state index in [0.29, 0.717) is 145 Å². The van der Waals surface area contributed by atoms with E-state index in [2.05, 4.69) is 14.8 Å². The third kappa shape index (κ3) is 46.8. The van der Waals surface area contributed by atoms with Gasteiger partial charge in [-0.05, 0) is 5.53 Å². The first kappa shape index (κ1) is 45.4. The number of ether oxygens (including phenoxy) is 12. The molecule has 0 radical (unpaired) electrons. The van der Waals surface area contributed by atoms with Crippen LogP contribution in [0.25, 0.3) is 10.4 Å². The second-order valence-corrected chi connectivity index (χ2v) is 8.15. The fourth-order valence-corrected chi connectivity index (χ4v) is 2.58. The summed E-state index contributed by atoms with van der Waals surface area (Å²) in [6.45, 7) is 10.5. The first-order chi connectivity index (χ1) is 22.2. The van der Waals surface area contributed by atoms with E-state index in [1.807, 2.05) is 0 Å². The highest BCUT2D eigenvalue weighted by Gasteiger charge is 1.96. The second kappa shape index (κ2) is 44.4. The summed E-state index contributed by atoms with van der Waals surface area (Å²) < 4.78 is 62.8. The molecule has 0 aromatic rings. The van der Waals surface area contributed by atoms with Crippen LogP contribution in [0.15, 0.2) is 5.11 Å². The van der Waals surface area contributed by atoms with Crippen molar-refractivity contribution in [2.45, 2.75) is 0 Å². The summed E-state index contributed by atoms with van der Waals surface area (Å²) in [5, 5.41) is 20.1. The molecule has 0 aromatic heterocycles. The molecule has 2 N–H and O–H groups in total. The fraction of sp³-hybridized carbons (Fsp3) is 0.963. The minimum atomic E-state index is -0.525. The third-order valence-corrected chi connectivity index (χ3v) is 4.68. The largest absolute Gasteiger partial charge is 0.469 e. The molecular weight excluding hydrogens is 606 g/mol. The Hall–Kier alpha value is -1.74. The zero-order valence-electron chi connectivity index (χ0n) is 26.7. The van der Waals surface area contributed by atoms with Gasteiger partial charge in [0.05, 0.1) is 166 Å². The van der Waals surface area contributed by atoms with Gasteiger partial charge in [0.15, 0.2) is 0 Å². The highest BCUT2D eigenvalue weighted by molar-refractivity contribution is 5.71. The predicted octanol–water partition coefficient (Wildman–Crippen LogP) is -0.377. The highest BCUT2D eigenvalue weighted by Crippen LogP contribution is 1.87. The number of hydrogen-bond donors (Lipinski definition) is 2. The molecule has 0 spiro atoms. The number of rotatable bonds is 36. The maximum atomic E-state index is 10.1. The molecule has 0 rings (SSSR count). The molecule has 0 aromatic carbocycles. The predicted molar refractivity (Wildman–Crippen MR) is 159 cm³/mol. The van der Waals surface area contributed by atoms with Crippen LogP contribution in [0, 0.1) is 0 Å². The van der Waals surface area contributed by atoms with Gasteiger partial charge in [-0.25, -0.2) is 0 Å². The Balaban J connectivity index is 0. The molecule has 268 valence electrons. The van der Waals surface area contributed by atoms with Gasteiger partial charge in [0.2, 0.25) is 0 Å². The van der Waals surface area contributed by atoms with E-state index >= 15 is 0 Å². The van der Waals surface area contributed by atoms with Crippen LogP contribution in [-0.2, 0) is 61.6 Å². The molecule has 0 bridgehead atoms. The number of aliphatic hydroxyl groups is 2. The van der Waals surface area contributed by atoms with Gasteiger partial charge < -0.3 is 67.1 Å². The third-order valence-electron chi connectivity index (χ3n) is 4.68. The zero-order chi connectivity index (χ0) is 33.2. The Morgan fingerprint density at radius 2 is 0.667 bits per heavy atom. The average molecular weight is 662 g/mol. The van der Waals surface area contributed by atoms with Crippen LogP contribution in [0.5, 0.6) is 0 Å². The van der Waals surface area contributed by atoms with E-state index in [9.17, 15) is 4.79 Å². The van der Waals surface area contributed by atoms with Gasteiger partial charge in [-0.2, -0.15) is 0 Å². The van der Waals surface area contributed by atoms with Gasteiger partial charge in [0.25, 0.3) is 0 Å². The minimum Gasteiger partial charge on any atom is -0.469 e. The molecule has 0 aliphatic rings. The molecule has 0 fully saturated rings. The smallest absolute Gasteiger partial charge is 0.311 e. The lowest BCUT2D eigenvalue weighted by Crippen LogP contribution is -2.15. The van der Waals surface area contributed by atoms with Crippen molar-refractivity contribution in [1.29, 1.82) is 0 Å². The first-order valence-electron chi connectivity index (χ1n) is 14.9. The monoisotopic (exact) mass is 661 g/mol. The van der Waals surface area contributed by atoms with Gasteiger partial charge in [0, 0.05) is 4.91 Å². The molecule has 0 amide bonds. The lowest BCUT2D eigenvalue weighted by Gasteiger charge is -2.09. The SMILES string of the molecule is COC(=O)CN=[N+]=[N-].OCCOCCOCCOCCOCCOCCOCCOCCOCCOCCOCCOCCO. The van der Waals surface area contributed by atoms with Gasteiger partial charge in [-0.3, -0.25) is 4.79 Å². The fourth-order valence-electron chi connectivity index (χ4n) is 2.58. The van der Waals surface area contributed by atoms with Crippen molar-refractivity contribution >= 4 is 5.97 Å². The number of nitrogens with zero attached hydrogens (tertiary/aromatic N) is 3. The molecule has 0 heterocycles. The summed E-state index contributed by atoms with van der Waals surface area (Å²) in [5.74, 6) is -0.525. The summed E-state index contributed by atoms with van der Waals surface area (Å²) >= 11 is 0. The Morgan fingerprint density at radius 3 is 0.822 bits per heavy atom. The summed E-state index contributed by atoms with van der Waals surface area (Å²) in [6.07, 6.45) is 0. The Labute approximate surface area is 265 Å². The van der Waals surface area contributed by atoms with E-state index in [1.54, 1.807) is 0 Å². The van der Waals surface area contributed by atoms with Gasteiger partial charge in [0.1, 0.15) is 6.54 Å². The minimum absolute atomic E-state index is 0.0253. The van der Waals surface area contributed by atoms with E-state index in [-0.39, 0.29) is 19.8 Å². The molecule has 0 aliphatic heterocycles. The van der Waals surface area contributed by atoms with Crippen LogP contribution in [0.3, 0.4) is 0 Å². The average Bonchev–Trinajstić information content (AvgIpc) is 3.06. The summed E-state index contributed by atoms with van der Waals surface area (Å²) in [7, 11) is 1.23. The molecule has 0 unspecified atom stereocenters. The van der Waals surface area contributed by atoms with Gasteiger partial charge in [-0.1, -0.05) is 5.11 Å². The van der Waals surface area contributed by atoms with E-state index in [1.165, 1.54) is 7.11 Å². The van der Waals surface area contributed by atoms with Crippen molar-refractivity contribution in [3.8, 4) is 0 Å². The Kier molecular flexibility index (Phi) is 44.8. The highest BCUT2D eigenvalue weighted by atomic mass is 16.6. The van der Waals surface area contributed by atoms with Crippen LogP contribution in [0.4, 0.5) is 0 Å². The molecule has 45 heavy (non-hydrogen) atoms. The topological polar surface area (TPSA) is 217 Å². The number of carbonyl (C=O) groups is 1. The molecule has 0 atom stereocenters. The van der Waals surface area contributed by atoms with Crippen LogP contribution in [0.1, 0.15) is 0 Å². The lowest BCUT2D eigenvalue weighted by molar-refractivity contribution is -0.138. The van der Waals surface area contributed by atoms with Crippen molar-refractivity contribution in [1.82, 2.24) is 0 Å². The molecule has 0 aliphatic carbocycles. The van der Waals surface area contributed by atoms with Crippen LogP contribution >= 0.6 is 0 Å². The maximum Gasteiger partial charge on any atom is 0.311 e. The van der Waals surface area contributed by atoms with Crippen LogP contribution in [0.2, 0.25) is 0 Å². The normalized spacial score (nSPS) is 10.7. The quantitative estimate of drug-likeness (QED) is 0.0288. The van der Waals surface area contributed by atoms with Crippen molar-refractivity contribution in [3.63, 3.8) is 0 Å². The standard InChI is InChI=1S/C24H50O13.C3H5N3O2/c25-1-3-27-5-7-29-9-11-31-13-15-33-17-19-35-21-23-37-24-22-36-20-18-34-16-14-32-12-10-30-8-6-28-4-2-26;1-8-3(7)2-5-6-4/h25-26H,1-24H2;2H2,1H3. The van der Waals surface area contributed by atoms with E-state index < -0.39 is 5.97 Å². The van der Waals surface area contributed by atoms with E-state index in [0.717, 1.165) is 0 Å². The number of carbonyl (C=O) groups excluding carboxylic acids is 1. The molecule has 18 heteroatoms. The first-order valence-corrected chi connectivity index (χ1v) is 14.9. The molecule has 0 saturated heterocycles. The van der Waals surface area contributed by atoms with Crippen molar-refractivity contribution in [2.24, 2.45) is 5.11 Å². The van der Waals surface area contributed by atoms with Gasteiger partial charge >= 0.3 is 5.97 Å². The molecule has 0 saturated carbocycles. The Morgan fingerprint density at radius 1 is 0.467 bits per heavy atom. The molecule has 18 nitrogen and oxygen atoms in total. The zero-order valence-corrected chi connectivity index (χ0v) is 26.7. The van der Waals surface area contributed by atoms with Crippen molar-refractivity contribution in [3.05, 3.63) is 10.4 Å². The van der Waals surface area contributed by atoms with Crippen LogP contribution in [-0.4, -0.2) is 188 Å². The van der Waals surface area contributed by atoms with Crippen LogP contribution < -0.4 is 0 Å². The van der Waals surface area contributed by atoms with Crippen molar-refractivity contribution < 1.29 is 71.8 Å². The summed E-state index contributed by atoms with van der Waals surface area (Å²) in [4.78, 5) is 12.4. The van der Waals surface area contributed by atoms with Gasteiger partial charge in [-0.15, -0.1) is 0 Å². The molecular formula is C27H55N3O15. The maximum absolute atomic E-state index is 10.1. The number of hydrogen-bond acceptors (Lipinski definition) is 16. The second-order valence-electron chi connectivity index (χ2n) is 8.15. The van der Waals surface area contributed by atoms with Crippen molar-refractivity contribution in [2.75, 3.05) is 172 Å². The number of esters is 1. The number of methoxy groups -OCH3 is 1. The number of aliphatic hydroxyl groups excluding tert-OH is 2.